The van der Waals surface area contributed by atoms with E-state index in [0.717, 1.165) is 4.31 Å². The normalized spacial score (nSPS) is 11.9. The number of sulfonamides is 1. The Morgan fingerprint density at radius 3 is 2.18 bits per heavy atom. The summed E-state index contributed by atoms with van der Waals surface area (Å²) in [5.41, 5.74) is 0.442. The topological polar surface area (TPSA) is 96.0 Å². The second-order valence-electron chi connectivity index (χ2n) is 8.44. The van der Waals surface area contributed by atoms with Crippen LogP contribution in [0.2, 0.25) is 0 Å². The third kappa shape index (κ3) is 6.89. The first-order valence-electron chi connectivity index (χ1n) is 12.3. The zero-order valence-electron chi connectivity index (χ0n) is 21.6. The van der Waals surface area contributed by atoms with Crippen LogP contribution in [0.4, 0.5) is 10.1 Å². The van der Waals surface area contributed by atoms with Crippen LogP contribution in [0.1, 0.15) is 26.3 Å². The summed E-state index contributed by atoms with van der Waals surface area (Å²) in [4.78, 5) is 27.6. The Morgan fingerprint density at radius 2 is 1.58 bits per heavy atom. The summed E-state index contributed by atoms with van der Waals surface area (Å²) in [6.07, 6.45) is 0. The molecule has 0 unspecified atom stereocenters. The second kappa shape index (κ2) is 13.0. The molecule has 0 aliphatic carbocycles. The molecule has 0 heterocycles. The number of carbonyl (C=O) groups excluding carboxylic acids is 2. The molecular weight excluding hydrogens is 509 g/mol. The summed E-state index contributed by atoms with van der Waals surface area (Å²) >= 11 is 0. The fraction of sp³-hybridized carbons (Fsp3) is 0.286. The predicted octanol–water partition coefficient (Wildman–Crippen LogP) is 3.97. The highest BCUT2D eigenvalue weighted by Gasteiger charge is 2.32. The van der Waals surface area contributed by atoms with Gasteiger partial charge in [-0.25, -0.2) is 12.8 Å². The fourth-order valence-electron chi connectivity index (χ4n) is 3.84. The molecule has 3 aromatic carbocycles. The molecule has 38 heavy (non-hydrogen) atoms. The van der Waals surface area contributed by atoms with E-state index in [0.29, 0.717) is 18.9 Å². The van der Waals surface area contributed by atoms with Gasteiger partial charge in [0.25, 0.3) is 10.0 Å². The molecule has 0 saturated carbocycles. The van der Waals surface area contributed by atoms with Crippen molar-refractivity contribution in [2.45, 2.75) is 38.3 Å². The maximum absolute atomic E-state index is 14.5. The van der Waals surface area contributed by atoms with Gasteiger partial charge in [0, 0.05) is 18.7 Å². The van der Waals surface area contributed by atoms with E-state index in [4.69, 9.17) is 4.74 Å². The summed E-state index contributed by atoms with van der Waals surface area (Å²) in [6, 6.07) is 19.0. The van der Waals surface area contributed by atoms with Crippen molar-refractivity contribution in [1.82, 2.24) is 10.2 Å². The molecule has 0 aromatic heterocycles. The first kappa shape index (κ1) is 28.6. The Balaban J connectivity index is 2.02. The number of ether oxygens (including phenoxy) is 1. The number of hydrogen-bond donors (Lipinski definition) is 1. The summed E-state index contributed by atoms with van der Waals surface area (Å²) in [5, 5.41) is 2.67. The van der Waals surface area contributed by atoms with Gasteiger partial charge in [-0.3, -0.25) is 13.9 Å². The molecule has 2 amide bonds. The van der Waals surface area contributed by atoms with Crippen molar-refractivity contribution >= 4 is 27.5 Å². The number of amides is 2. The lowest BCUT2D eigenvalue weighted by Gasteiger charge is -2.32. The number of anilines is 1. The van der Waals surface area contributed by atoms with Crippen molar-refractivity contribution in [2.24, 2.45) is 0 Å². The SMILES string of the molecule is CCNC(=O)[C@H](C)N(Cc1ccccc1F)C(=O)CN(c1ccc(OCC)cc1)S(=O)(=O)c1ccccc1. The Hall–Kier alpha value is -3.92. The van der Waals surface area contributed by atoms with E-state index in [-0.39, 0.29) is 22.7 Å². The van der Waals surface area contributed by atoms with Gasteiger partial charge in [0.2, 0.25) is 11.8 Å². The molecular formula is C28H32FN3O5S. The first-order valence-corrected chi connectivity index (χ1v) is 13.7. The zero-order valence-corrected chi connectivity index (χ0v) is 22.4. The maximum Gasteiger partial charge on any atom is 0.264 e. The number of likely N-dealkylation sites (N-methyl/N-ethyl adjacent to an activating group) is 1. The van der Waals surface area contributed by atoms with Gasteiger partial charge in [-0.05, 0) is 63.2 Å². The van der Waals surface area contributed by atoms with Gasteiger partial charge in [0.15, 0.2) is 0 Å². The monoisotopic (exact) mass is 541 g/mol. The molecule has 1 atom stereocenters. The number of benzene rings is 3. The number of nitrogens with zero attached hydrogens (tertiary/aromatic N) is 2. The molecule has 0 bridgehead atoms. The summed E-state index contributed by atoms with van der Waals surface area (Å²) in [7, 11) is -4.17. The van der Waals surface area contributed by atoms with E-state index in [2.05, 4.69) is 5.32 Å². The highest BCUT2D eigenvalue weighted by Crippen LogP contribution is 2.26. The minimum atomic E-state index is -4.17. The van der Waals surface area contributed by atoms with Crippen LogP contribution < -0.4 is 14.4 Å². The molecule has 202 valence electrons. The molecule has 8 nitrogen and oxygen atoms in total. The summed E-state index contributed by atoms with van der Waals surface area (Å²) in [5.74, 6) is -1.09. The molecule has 1 N–H and O–H groups in total. The van der Waals surface area contributed by atoms with Crippen molar-refractivity contribution in [3.05, 3.63) is 90.2 Å². The smallest absolute Gasteiger partial charge is 0.264 e. The second-order valence-corrected chi connectivity index (χ2v) is 10.3. The van der Waals surface area contributed by atoms with Crippen molar-refractivity contribution < 1.29 is 27.1 Å². The van der Waals surface area contributed by atoms with Gasteiger partial charge in [0.05, 0.1) is 17.2 Å². The molecule has 0 saturated heterocycles. The number of carbonyl (C=O) groups is 2. The lowest BCUT2D eigenvalue weighted by Crippen LogP contribution is -2.51. The highest BCUT2D eigenvalue weighted by molar-refractivity contribution is 7.92. The standard InChI is InChI=1S/C28H32FN3O5S/c1-4-30-28(34)21(3)31(19-22-11-9-10-14-26(22)29)27(33)20-32(23-15-17-24(18-16-23)37-5-2)38(35,36)25-12-7-6-8-13-25/h6-18,21H,4-5,19-20H2,1-3H3,(H,30,34)/t21-/m0/s1. The number of nitrogens with one attached hydrogen (secondary N) is 1. The van der Waals surface area contributed by atoms with E-state index in [1.807, 2.05) is 6.92 Å². The summed E-state index contributed by atoms with van der Waals surface area (Å²) < 4.78 is 48.4. The van der Waals surface area contributed by atoms with Crippen LogP contribution in [0, 0.1) is 5.82 Å². The number of rotatable bonds is 12. The van der Waals surface area contributed by atoms with E-state index < -0.39 is 40.2 Å². The lowest BCUT2D eigenvalue weighted by atomic mass is 10.1. The van der Waals surface area contributed by atoms with E-state index >= 15 is 0 Å². The van der Waals surface area contributed by atoms with E-state index in [9.17, 15) is 22.4 Å². The molecule has 10 heteroatoms. The van der Waals surface area contributed by atoms with E-state index in [1.54, 1.807) is 55.5 Å². The number of halogens is 1. The average Bonchev–Trinajstić information content (AvgIpc) is 2.92. The Kier molecular flexibility index (Phi) is 9.84. The first-order chi connectivity index (χ1) is 18.2. The largest absolute Gasteiger partial charge is 0.494 e. The third-order valence-electron chi connectivity index (χ3n) is 5.86. The van der Waals surface area contributed by atoms with Gasteiger partial charge in [-0.2, -0.15) is 0 Å². The Bertz CT molecular complexity index is 1330. The molecule has 0 fully saturated rings. The quantitative estimate of drug-likeness (QED) is 0.374. The Labute approximate surface area is 223 Å². The van der Waals surface area contributed by atoms with Crippen LogP contribution >= 0.6 is 0 Å². The third-order valence-corrected chi connectivity index (χ3v) is 7.65. The van der Waals surface area contributed by atoms with Crippen LogP contribution in [0.3, 0.4) is 0 Å². The molecule has 3 aromatic rings. The summed E-state index contributed by atoms with van der Waals surface area (Å²) in [6.45, 7) is 5.05. The van der Waals surface area contributed by atoms with Crippen LogP contribution in [-0.4, -0.2) is 50.9 Å². The molecule has 0 aliphatic rings. The maximum atomic E-state index is 14.5. The zero-order chi connectivity index (χ0) is 27.7. The van der Waals surface area contributed by atoms with Gasteiger partial charge in [-0.15, -0.1) is 0 Å². The minimum absolute atomic E-state index is 0.000821. The average molecular weight is 542 g/mol. The number of hydrogen-bond acceptors (Lipinski definition) is 5. The molecule has 0 spiro atoms. The minimum Gasteiger partial charge on any atom is -0.494 e. The lowest BCUT2D eigenvalue weighted by molar-refractivity contribution is -0.139. The molecule has 0 radical (unpaired) electrons. The van der Waals surface area contributed by atoms with Crippen LogP contribution in [0.5, 0.6) is 5.75 Å². The Morgan fingerprint density at radius 1 is 0.947 bits per heavy atom. The van der Waals surface area contributed by atoms with Crippen molar-refractivity contribution in [2.75, 3.05) is 24.0 Å². The van der Waals surface area contributed by atoms with Crippen molar-refractivity contribution in [3.63, 3.8) is 0 Å². The van der Waals surface area contributed by atoms with Gasteiger partial charge < -0.3 is 15.0 Å². The van der Waals surface area contributed by atoms with E-state index in [1.165, 1.54) is 42.2 Å². The van der Waals surface area contributed by atoms with Gasteiger partial charge in [-0.1, -0.05) is 36.4 Å². The van der Waals surface area contributed by atoms with Gasteiger partial charge >= 0.3 is 0 Å². The van der Waals surface area contributed by atoms with Crippen LogP contribution in [0.25, 0.3) is 0 Å². The van der Waals surface area contributed by atoms with Crippen LogP contribution in [-0.2, 0) is 26.2 Å². The van der Waals surface area contributed by atoms with Crippen molar-refractivity contribution in [3.8, 4) is 5.75 Å². The highest BCUT2D eigenvalue weighted by atomic mass is 32.2. The van der Waals surface area contributed by atoms with Gasteiger partial charge in [0.1, 0.15) is 24.2 Å². The molecule has 0 aliphatic heterocycles. The molecule has 3 rings (SSSR count). The van der Waals surface area contributed by atoms with Crippen molar-refractivity contribution in [1.29, 1.82) is 0 Å². The fourth-order valence-corrected chi connectivity index (χ4v) is 5.27. The van der Waals surface area contributed by atoms with Crippen LogP contribution in [0.15, 0.2) is 83.8 Å². The predicted molar refractivity (Wildman–Crippen MR) is 144 cm³/mol.